The Hall–Kier alpha value is -3.86. The Kier molecular flexibility index (Phi) is 8.15. The average molecular weight is 424 g/mol. The largest absolute Gasteiger partial charge is 0.490 e. The van der Waals surface area contributed by atoms with E-state index in [9.17, 15) is 19.6 Å². The van der Waals surface area contributed by atoms with Crippen LogP contribution >= 0.6 is 0 Å². The van der Waals surface area contributed by atoms with Gasteiger partial charge in [0.2, 0.25) is 0 Å². The molecular formula is C23H24N2O6. The number of carbonyl (C=O) groups is 3. The summed E-state index contributed by atoms with van der Waals surface area (Å²) in [5.41, 5.74) is 0.973. The van der Waals surface area contributed by atoms with Crippen LogP contribution in [0.25, 0.3) is 6.08 Å². The maximum absolute atomic E-state index is 13.0. The van der Waals surface area contributed by atoms with Crippen molar-refractivity contribution in [3.63, 3.8) is 0 Å². The number of nitrogens with zero attached hydrogens (tertiary/aromatic N) is 2. The number of benzene rings is 1. The molecule has 162 valence electrons. The number of rotatable bonds is 9. The molecule has 2 rings (SSSR count). The minimum absolute atomic E-state index is 0.135. The number of esters is 1. The standard InChI is InChI=1S/C23H24N2O6/c1-5-10-31-20-8-7-17(13-21(20)29-6-2)12-18-15(3)19(14-24)23(28)25(22(18)27)9-11-30-16(4)26/h5,7-8,12-13H,1,6,9-11H2,2-4H3/b18-12+. The maximum Gasteiger partial charge on any atom is 0.302 e. The summed E-state index contributed by atoms with van der Waals surface area (Å²) in [6.07, 6.45) is 3.20. The molecule has 0 spiro atoms. The molecule has 1 aromatic rings. The fourth-order valence-corrected chi connectivity index (χ4v) is 2.93. The van der Waals surface area contributed by atoms with Gasteiger partial charge in [0.15, 0.2) is 11.5 Å². The summed E-state index contributed by atoms with van der Waals surface area (Å²) >= 11 is 0. The van der Waals surface area contributed by atoms with Crippen LogP contribution in [-0.4, -0.2) is 49.0 Å². The van der Waals surface area contributed by atoms with Crippen molar-refractivity contribution < 1.29 is 28.6 Å². The van der Waals surface area contributed by atoms with E-state index >= 15 is 0 Å². The molecule has 0 bridgehead atoms. The molecule has 8 nitrogen and oxygen atoms in total. The molecule has 1 aliphatic rings. The minimum atomic E-state index is -0.711. The molecule has 0 aromatic heterocycles. The van der Waals surface area contributed by atoms with Crippen molar-refractivity contribution in [2.45, 2.75) is 20.8 Å². The van der Waals surface area contributed by atoms with Crippen LogP contribution in [0.5, 0.6) is 11.5 Å². The summed E-state index contributed by atoms with van der Waals surface area (Å²) in [4.78, 5) is 37.4. The zero-order chi connectivity index (χ0) is 23.0. The number of carbonyl (C=O) groups excluding carboxylic acids is 3. The van der Waals surface area contributed by atoms with Crippen molar-refractivity contribution in [2.75, 3.05) is 26.4 Å². The van der Waals surface area contributed by atoms with Crippen LogP contribution in [0, 0.1) is 11.3 Å². The zero-order valence-electron chi connectivity index (χ0n) is 17.8. The van der Waals surface area contributed by atoms with E-state index in [4.69, 9.17) is 14.2 Å². The van der Waals surface area contributed by atoms with Gasteiger partial charge in [0, 0.05) is 12.5 Å². The number of amides is 2. The van der Waals surface area contributed by atoms with Crippen LogP contribution in [0.15, 0.2) is 47.6 Å². The summed E-state index contributed by atoms with van der Waals surface area (Å²) in [6.45, 7) is 8.67. The average Bonchev–Trinajstić information content (AvgIpc) is 2.73. The lowest BCUT2D eigenvalue weighted by molar-refractivity contribution is -0.147. The smallest absolute Gasteiger partial charge is 0.302 e. The predicted octanol–water partition coefficient (Wildman–Crippen LogP) is 2.81. The fourth-order valence-electron chi connectivity index (χ4n) is 2.93. The van der Waals surface area contributed by atoms with Gasteiger partial charge in [-0.3, -0.25) is 19.3 Å². The highest BCUT2D eigenvalue weighted by Crippen LogP contribution is 2.32. The number of nitriles is 1. The van der Waals surface area contributed by atoms with Gasteiger partial charge in [0.25, 0.3) is 11.8 Å². The Bertz CT molecular complexity index is 1000. The van der Waals surface area contributed by atoms with E-state index < -0.39 is 17.8 Å². The third-order valence-electron chi connectivity index (χ3n) is 4.38. The van der Waals surface area contributed by atoms with Crippen molar-refractivity contribution in [3.05, 3.63) is 53.1 Å². The summed E-state index contributed by atoms with van der Waals surface area (Å²) in [6, 6.07) is 7.02. The molecular weight excluding hydrogens is 400 g/mol. The number of ether oxygens (including phenoxy) is 3. The van der Waals surface area contributed by atoms with Gasteiger partial charge < -0.3 is 14.2 Å². The van der Waals surface area contributed by atoms with E-state index in [0.29, 0.717) is 30.3 Å². The van der Waals surface area contributed by atoms with Crippen LogP contribution in [-0.2, 0) is 19.1 Å². The summed E-state index contributed by atoms with van der Waals surface area (Å²) < 4.78 is 16.0. The molecule has 0 aliphatic carbocycles. The third kappa shape index (κ3) is 5.60. The lowest BCUT2D eigenvalue weighted by atomic mass is 9.93. The summed E-state index contributed by atoms with van der Waals surface area (Å²) in [5, 5.41) is 9.44. The molecule has 1 aromatic carbocycles. The van der Waals surface area contributed by atoms with Crippen LogP contribution < -0.4 is 9.47 Å². The molecule has 0 saturated carbocycles. The van der Waals surface area contributed by atoms with Gasteiger partial charge >= 0.3 is 5.97 Å². The van der Waals surface area contributed by atoms with Gasteiger partial charge in [-0.1, -0.05) is 18.7 Å². The van der Waals surface area contributed by atoms with E-state index in [0.717, 1.165) is 4.90 Å². The van der Waals surface area contributed by atoms with Crippen molar-refractivity contribution in [1.82, 2.24) is 4.90 Å². The molecule has 0 saturated heterocycles. The quantitative estimate of drug-likeness (QED) is 0.260. The molecule has 2 amide bonds. The monoisotopic (exact) mass is 424 g/mol. The van der Waals surface area contributed by atoms with Crippen molar-refractivity contribution in [1.29, 1.82) is 5.26 Å². The van der Waals surface area contributed by atoms with Crippen LogP contribution in [0.1, 0.15) is 26.3 Å². The highest BCUT2D eigenvalue weighted by molar-refractivity contribution is 6.19. The van der Waals surface area contributed by atoms with E-state index in [-0.39, 0.29) is 29.9 Å². The van der Waals surface area contributed by atoms with E-state index in [1.807, 2.05) is 13.0 Å². The topological polar surface area (TPSA) is 106 Å². The van der Waals surface area contributed by atoms with Gasteiger partial charge in [-0.2, -0.15) is 5.26 Å². The second kappa shape index (κ2) is 10.8. The van der Waals surface area contributed by atoms with E-state index in [1.54, 1.807) is 37.3 Å². The molecule has 1 heterocycles. The van der Waals surface area contributed by atoms with Crippen LogP contribution in [0.3, 0.4) is 0 Å². The van der Waals surface area contributed by atoms with Crippen LogP contribution in [0.2, 0.25) is 0 Å². The molecule has 0 fully saturated rings. The highest BCUT2D eigenvalue weighted by atomic mass is 16.5. The lowest BCUT2D eigenvalue weighted by Gasteiger charge is -2.27. The van der Waals surface area contributed by atoms with E-state index in [1.165, 1.54) is 6.92 Å². The van der Waals surface area contributed by atoms with Crippen molar-refractivity contribution in [2.24, 2.45) is 0 Å². The predicted molar refractivity (Wildman–Crippen MR) is 113 cm³/mol. The second-order valence-corrected chi connectivity index (χ2v) is 6.51. The zero-order valence-corrected chi connectivity index (χ0v) is 17.8. The summed E-state index contributed by atoms with van der Waals surface area (Å²) in [5.74, 6) is -0.785. The van der Waals surface area contributed by atoms with Gasteiger partial charge in [-0.15, -0.1) is 0 Å². The third-order valence-corrected chi connectivity index (χ3v) is 4.38. The van der Waals surface area contributed by atoms with Gasteiger partial charge in [-0.05, 0) is 43.2 Å². The minimum Gasteiger partial charge on any atom is -0.490 e. The van der Waals surface area contributed by atoms with Crippen molar-refractivity contribution >= 4 is 23.9 Å². The number of hydrogen-bond donors (Lipinski definition) is 0. The Labute approximate surface area is 181 Å². The normalized spacial score (nSPS) is 15.0. The van der Waals surface area contributed by atoms with Crippen LogP contribution in [0.4, 0.5) is 0 Å². The Morgan fingerprint density at radius 2 is 1.97 bits per heavy atom. The SMILES string of the molecule is C=CCOc1ccc(/C=C2/C(=O)N(CCOC(C)=O)C(=O)C(C#N)=C2C)cc1OCC. The van der Waals surface area contributed by atoms with E-state index in [2.05, 4.69) is 6.58 Å². The Morgan fingerprint density at radius 1 is 1.23 bits per heavy atom. The molecule has 0 unspecified atom stereocenters. The highest BCUT2D eigenvalue weighted by Gasteiger charge is 2.35. The Morgan fingerprint density at radius 3 is 2.58 bits per heavy atom. The molecule has 0 atom stereocenters. The first-order valence-corrected chi connectivity index (χ1v) is 9.67. The second-order valence-electron chi connectivity index (χ2n) is 6.51. The first-order chi connectivity index (χ1) is 14.8. The molecule has 31 heavy (non-hydrogen) atoms. The van der Waals surface area contributed by atoms with Gasteiger partial charge in [0.1, 0.15) is 24.9 Å². The lowest BCUT2D eigenvalue weighted by Crippen LogP contribution is -2.44. The number of imide groups is 1. The molecule has 8 heteroatoms. The Balaban J connectivity index is 2.45. The first kappa shape index (κ1) is 23.4. The van der Waals surface area contributed by atoms with Gasteiger partial charge in [-0.25, -0.2) is 0 Å². The summed E-state index contributed by atoms with van der Waals surface area (Å²) in [7, 11) is 0. The molecule has 0 radical (unpaired) electrons. The van der Waals surface area contributed by atoms with Crippen molar-refractivity contribution in [3.8, 4) is 17.6 Å². The fraction of sp³-hybridized carbons (Fsp3) is 0.304. The number of hydrogen-bond acceptors (Lipinski definition) is 7. The molecule has 1 aliphatic heterocycles. The first-order valence-electron chi connectivity index (χ1n) is 9.67. The van der Waals surface area contributed by atoms with Gasteiger partial charge in [0.05, 0.1) is 13.2 Å². The molecule has 0 N–H and O–H groups in total. The maximum atomic E-state index is 13.0.